The van der Waals surface area contributed by atoms with E-state index >= 15 is 0 Å². The zero-order valence-corrected chi connectivity index (χ0v) is 14.5. The van der Waals surface area contributed by atoms with Crippen molar-refractivity contribution >= 4 is 22.5 Å². The molecule has 4 rings (SSSR count). The van der Waals surface area contributed by atoms with Crippen LogP contribution in [-0.2, 0) is 13.1 Å². The Morgan fingerprint density at radius 2 is 1.79 bits per heavy atom. The van der Waals surface area contributed by atoms with Crippen LogP contribution in [0.5, 0.6) is 0 Å². The molecule has 2 N–H and O–H groups in total. The molecule has 3 nitrogen and oxygen atoms in total. The summed E-state index contributed by atoms with van der Waals surface area (Å²) < 4.78 is 2.48. The van der Waals surface area contributed by atoms with Gasteiger partial charge in [0.2, 0.25) is 0 Å². The molecule has 0 unspecified atom stereocenters. The summed E-state index contributed by atoms with van der Waals surface area (Å²) in [5, 5.41) is 2.11. The number of hydrogen-bond acceptors (Lipinski definition) is 2. The van der Waals surface area contributed by atoms with E-state index in [4.69, 9.17) is 17.3 Å². The summed E-state index contributed by atoms with van der Waals surface area (Å²) in [6, 6.07) is 16.9. The fourth-order valence-electron chi connectivity index (χ4n) is 3.75. The van der Waals surface area contributed by atoms with E-state index in [0.717, 1.165) is 44.2 Å². The summed E-state index contributed by atoms with van der Waals surface area (Å²) in [5.74, 6) is 0. The third kappa shape index (κ3) is 2.73. The number of benzene rings is 2. The molecule has 1 aliphatic rings. The molecule has 2 heterocycles. The lowest BCUT2D eigenvalue weighted by atomic mass is 10.0. The summed E-state index contributed by atoms with van der Waals surface area (Å²) in [7, 11) is 0. The van der Waals surface area contributed by atoms with Crippen LogP contribution in [0.15, 0.2) is 48.5 Å². The number of nitrogens with two attached hydrogens (primary N) is 1. The van der Waals surface area contributed by atoms with Crippen molar-refractivity contribution in [2.45, 2.75) is 19.5 Å². The van der Waals surface area contributed by atoms with Gasteiger partial charge in [0.05, 0.1) is 0 Å². The first-order valence-electron chi connectivity index (χ1n) is 8.56. The average Bonchev–Trinajstić information content (AvgIpc) is 2.94. The highest BCUT2D eigenvalue weighted by Gasteiger charge is 2.23. The average molecular weight is 340 g/mol. The van der Waals surface area contributed by atoms with Gasteiger partial charge in [0.1, 0.15) is 0 Å². The molecule has 4 heteroatoms. The second kappa shape index (κ2) is 6.60. The van der Waals surface area contributed by atoms with Gasteiger partial charge >= 0.3 is 0 Å². The Morgan fingerprint density at radius 1 is 1.00 bits per heavy atom. The van der Waals surface area contributed by atoms with Crippen LogP contribution in [0.2, 0.25) is 5.02 Å². The second-order valence-electron chi connectivity index (χ2n) is 6.42. The van der Waals surface area contributed by atoms with Crippen LogP contribution in [0.3, 0.4) is 0 Å². The smallest absolute Gasteiger partial charge is 0.0489 e. The quantitative estimate of drug-likeness (QED) is 0.775. The van der Waals surface area contributed by atoms with Gasteiger partial charge in [0.15, 0.2) is 0 Å². The number of aromatic nitrogens is 1. The molecular formula is C20H22ClN3. The Morgan fingerprint density at radius 3 is 2.58 bits per heavy atom. The summed E-state index contributed by atoms with van der Waals surface area (Å²) >= 11 is 6.09. The van der Waals surface area contributed by atoms with Gasteiger partial charge in [-0.25, -0.2) is 0 Å². The maximum atomic E-state index is 6.09. The highest BCUT2D eigenvalue weighted by molar-refractivity contribution is 6.30. The fourth-order valence-corrected chi connectivity index (χ4v) is 3.88. The molecule has 0 aliphatic carbocycles. The van der Waals surface area contributed by atoms with Crippen LogP contribution in [0.4, 0.5) is 0 Å². The van der Waals surface area contributed by atoms with Crippen LogP contribution in [-0.4, -0.2) is 29.1 Å². The van der Waals surface area contributed by atoms with Gasteiger partial charge in [-0.05, 0) is 43.3 Å². The van der Waals surface area contributed by atoms with Gasteiger partial charge in [0.25, 0.3) is 0 Å². The molecule has 0 spiro atoms. The molecule has 0 fully saturated rings. The van der Waals surface area contributed by atoms with E-state index in [1.54, 1.807) is 0 Å². The molecule has 0 radical (unpaired) electrons. The van der Waals surface area contributed by atoms with E-state index in [0.29, 0.717) is 0 Å². The summed E-state index contributed by atoms with van der Waals surface area (Å²) in [6.07, 6.45) is 1.05. The van der Waals surface area contributed by atoms with E-state index in [1.165, 1.54) is 27.7 Å². The molecule has 24 heavy (non-hydrogen) atoms. The minimum Gasteiger partial charge on any atom is -0.341 e. The Balaban J connectivity index is 1.84. The van der Waals surface area contributed by atoms with Crippen molar-refractivity contribution in [2.75, 3.05) is 19.6 Å². The lowest BCUT2D eigenvalue weighted by Crippen LogP contribution is -2.35. The van der Waals surface area contributed by atoms with E-state index in [2.05, 4.69) is 45.9 Å². The number of fused-ring (bicyclic) bond motifs is 3. The van der Waals surface area contributed by atoms with Gasteiger partial charge in [-0.1, -0.05) is 41.9 Å². The molecular weight excluding hydrogens is 318 g/mol. The van der Waals surface area contributed by atoms with Crippen LogP contribution in [0.1, 0.15) is 12.1 Å². The summed E-state index contributed by atoms with van der Waals surface area (Å²) in [6.45, 7) is 4.92. The molecule has 3 aromatic rings. The molecule has 2 aromatic carbocycles. The number of nitrogens with zero attached hydrogens (tertiary/aromatic N) is 2. The minimum absolute atomic E-state index is 0.754. The highest BCUT2D eigenvalue weighted by Crippen LogP contribution is 2.37. The lowest BCUT2D eigenvalue weighted by molar-refractivity contribution is 0.223. The van der Waals surface area contributed by atoms with E-state index in [1.807, 2.05) is 12.1 Å². The van der Waals surface area contributed by atoms with Crippen molar-refractivity contribution in [1.29, 1.82) is 0 Å². The van der Waals surface area contributed by atoms with Crippen LogP contribution in [0.25, 0.3) is 22.0 Å². The minimum atomic E-state index is 0.754. The number of rotatable bonds is 4. The van der Waals surface area contributed by atoms with E-state index < -0.39 is 0 Å². The van der Waals surface area contributed by atoms with E-state index in [9.17, 15) is 0 Å². The first-order chi connectivity index (χ1) is 11.8. The largest absolute Gasteiger partial charge is 0.341 e. The SMILES string of the molecule is NCCCN1CCn2c(c(-c3ccc(Cl)cc3)c3ccccc32)C1. The summed E-state index contributed by atoms with van der Waals surface area (Å²) in [4.78, 5) is 2.51. The van der Waals surface area contributed by atoms with Crippen LogP contribution in [0, 0.1) is 0 Å². The molecule has 0 saturated carbocycles. The molecule has 0 amide bonds. The lowest BCUT2D eigenvalue weighted by Gasteiger charge is -2.29. The van der Waals surface area contributed by atoms with Crippen molar-refractivity contribution < 1.29 is 0 Å². The van der Waals surface area contributed by atoms with Crippen molar-refractivity contribution in [1.82, 2.24) is 9.47 Å². The third-order valence-electron chi connectivity index (χ3n) is 4.90. The molecule has 0 bridgehead atoms. The molecule has 0 atom stereocenters. The number of para-hydroxylation sites is 1. The zero-order valence-electron chi connectivity index (χ0n) is 13.7. The van der Waals surface area contributed by atoms with Crippen LogP contribution < -0.4 is 5.73 Å². The van der Waals surface area contributed by atoms with E-state index in [-0.39, 0.29) is 0 Å². The van der Waals surface area contributed by atoms with Gasteiger partial charge < -0.3 is 10.3 Å². The third-order valence-corrected chi connectivity index (χ3v) is 5.16. The predicted octanol–water partition coefficient (Wildman–Crippen LogP) is 4.13. The first-order valence-corrected chi connectivity index (χ1v) is 8.94. The Labute approximate surface area is 147 Å². The van der Waals surface area contributed by atoms with Gasteiger partial charge in [0, 0.05) is 46.8 Å². The molecule has 124 valence electrons. The van der Waals surface area contributed by atoms with Gasteiger partial charge in [-0.2, -0.15) is 0 Å². The van der Waals surface area contributed by atoms with Gasteiger partial charge in [-0.3, -0.25) is 4.90 Å². The molecule has 0 saturated heterocycles. The Hall–Kier alpha value is -1.81. The summed E-state index contributed by atoms with van der Waals surface area (Å²) in [5.41, 5.74) is 11.0. The highest BCUT2D eigenvalue weighted by atomic mass is 35.5. The monoisotopic (exact) mass is 339 g/mol. The standard InChI is InChI=1S/C20H22ClN3/c21-16-8-6-15(7-9-16)20-17-4-1-2-5-18(17)24-13-12-23(11-3-10-22)14-19(20)24/h1-2,4-9H,3,10-14,22H2. The molecule has 1 aliphatic heterocycles. The second-order valence-corrected chi connectivity index (χ2v) is 6.85. The fraction of sp³-hybridized carbons (Fsp3) is 0.300. The maximum absolute atomic E-state index is 6.09. The Bertz CT molecular complexity index is 851. The molecule has 1 aromatic heterocycles. The normalized spacial score (nSPS) is 14.9. The Kier molecular flexibility index (Phi) is 4.31. The number of halogens is 1. The van der Waals surface area contributed by atoms with Crippen molar-refractivity contribution in [3.8, 4) is 11.1 Å². The predicted molar refractivity (Wildman–Crippen MR) is 101 cm³/mol. The van der Waals surface area contributed by atoms with Crippen LogP contribution >= 0.6 is 11.6 Å². The maximum Gasteiger partial charge on any atom is 0.0489 e. The van der Waals surface area contributed by atoms with Crippen molar-refractivity contribution in [3.05, 3.63) is 59.2 Å². The number of hydrogen-bond donors (Lipinski definition) is 1. The topological polar surface area (TPSA) is 34.2 Å². The van der Waals surface area contributed by atoms with Gasteiger partial charge in [-0.15, -0.1) is 0 Å². The van der Waals surface area contributed by atoms with Crippen molar-refractivity contribution in [2.24, 2.45) is 5.73 Å². The first kappa shape index (κ1) is 15.7. The zero-order chi connectivity index (χ0) is 16.5. The van der Waals surface area contributed by atoms with Crippen molar-refractivity contribution in [3.63, 3.8) is 0 Å².